The van der Waals surface area contributed by atoms with Crippen LogP contribution < -0.4 is 10.1 Å². The normalized spacial score (nSPS) is 16.4. The van der Waals surface area contributed by atoms with E-state index in [-0.39, 0.29) is 17.6 Å². The van der Waals surface area contributed by atoms with E-state index in [1.165, 1.54) is 12.1 Å². The number of benzene rings is 1. The summed E-state index contributed by atoms with van der Waals surface area (Å²) in [7, 11) is 0. The van der Waals surface area contributed by atoms with Crippen LogP contribution in [-0.2, 0) is 4.79 Å². The summed E-state index contributed by atoms with van der Waals surface area (Å²) in [5.41, 5.74) is 0.843. The summed E-state index contributed by atoms with van der Waals surface area (Å²) in [6.07, 6.45) is 1.19. The Balaban J connectivity index is 1.95. The van der Waals surface area contributed by atoms with Crippen molar-refractivity contribution in [2.75, 3.05) is 32.8 Å². The van der Waals surface area contributed by atoms with Crippen molar-refractivity contribution < 1.29 is 13.9 Å². The Morgan fingerprint density at radius 3 is 2.82 bits per heavy atom. The summed E-state index contributed by atoms with van der Waals surface area (Å²) in [6.45, 7) is 7.74. The van der Waals surface area contributed by atoms with E-state index in [2.05, 4.69) is 5.32 Å². The van der Waals surface area contributed by atoms with Gasteiger partial charge in [-0.2, -0.15) is 0 Å². The van der Waals surface area contributed by atoms with Gasteiger partial charge in [0, 0.05) is 32.6 Å². The lowest BCUT2D eigenvalue weighted by atomic mass is 9.95. The van der Waals surface area contributed by atoms with Gasteiger partial charge in [-0.1, -0.05) is 6.92 Å². The number of nitrogens with one attached hydrogen (secondary N) is 1. The largest absolute Gasteiger partial charge is 0.494 e. The molecule has 1 aliphatic heterocycles. The van der Waals surface area contributed by atoms with Crippen LogP contribution in [0.2, 0.25) is 0 Å². The van der Waals surface area contributed by atoms with Gasteiger partial charge < -0.3 is 15.0 Å². The molecule has 0 saturated carbocycles. The number of carbonyl (C=O) groups excluding carboxylic acids is 1. The van der Waals surface area contributed by atoms with Crippen molar-refractivity contribution in [3.8, 4) is 5.75 Å². The molecule has 0 aliphatic carbocycles. The Bertz CT molecular complexity index is 501. The Hall–Kier alpha value is -1.62. The minimum absolute atomic E-state index is 0.0871. The predicted octanol–water partition coefficient (Wildman–Crippen LogP) is 2.54. The first-order valence-corrected chi connectivity index (χ1v) is 8.02. The van der Waals surface area contributed by atoms with Crippen LogP contribution in [0.25, 0.3) is 0 Å². The maximum Gasteiger partial charge on any atom is 0.222 e. The van der Waals surface area contributed by atoms with Crippen LogP contribution in [0.4, 0.5) is 4.39 Å². The van der Waals surface area contributed by atoms with E-state index >= 15 is 0 Å². The van der Waals surface area contributed by atoms with Gasteiger partial charge in [-0.25, -0.2) is 4.39 Å². The van der Waals surface area contributed by atoms with Gasteiger partial charge in [-0.05, 0) is 43.0 Å². The SMILES string of the molecule is CCOc1ccc(F)cc1C(C)CCC(=O)N1CCNCC1. The van der Waals surface area contributed by atoms with Gasteiger partial charge in [0.15, 0.2) is 0 Å². The standard InChI is InChI=1S/C17H25FN2O2/c1-3-22-16-6-5-14(18)12-15(16)13(2)4-7-17(21)20-10-8-19-9-11-20/h5-6,12-13,19H,3-4,7-11H2,1-2H3. The first-order chi connectivity index (χ1) is 10.6. The monoisotopic (exact) mass is 308 g/mol. The average molecular weight is 308 g/mol. The van der Waals surface area contributed by atoms with E-state index in [4.69, 9.17) is 4.74 Å². The molecule has 122 valence electrons. The van der Waals surface area contributed by atoms with E-state index in [9.17, 15) is 9.18 Å². The third-order valence-corrected chi connectivity index (χ3v) is 4.06. The summed E-state index contributed by atoms with van der Waals surface area (Å²) in [5.74, 6) is 0.719. The van der Waals surface area contributed by atoms with E-state index in [0.29, 0.717) is 25.2 Å². The molecule has 4 nitrogen and oxygen atoms in total. The maximum atomic E-state index is 13.5. The summed E-state index contributed by atoms with van der Waals surface area (Å²) in [5, 5.41) is 3.24. The Morgan fingerprint density at radius 1 is 1.41 bits per heavy atom. The second kappa shape index (κ2) is 8.13. The van der Waals surface area contributed by atoms with Crippen molar-refractivity contribution in [1.29, 1.82) is 0 Å². The predicted molar refractivity (Wildman–Crippen MR) is 84.7 cm³/mol. The number of nitrogens with zero attached hydrogens (tertiary/aromatic N) is 1. The number of rotatable bonds is 6. The molecule has 0 radical (unpaired) electrons. The molecule has 1 unspecified atom stereocenters. The molecular weight excluding hydrogens is 283 g/mol. The van der Waals surface area contributed by atoms with Crippen LogP contribution in [0, 0.1) is 5.82 Å². The smallest absolute Gasteiger partial charge is 0.222 e. The molecule has 1 saturated heterocycles. The van der Waals surface area contributed by atoms with E-state index < -0.39 is 0 Å². The van der Waals surface area contributed by atoms with Crippen LogP contribution in [0.3, 0.4) is 0 Å². The van der Waals surface area contributed by atoms with Crippen LogP contribution in [0.5, 0.6) is 5.75 Å². The summed E-state index contributed by atoms with van der Waals surface area (Å²) >= 11 is 0. The summed E-state index contributed by atoms with van der Waals surface area (Å²) in [6, 6.07) is 4.60. The fourth-order valence-electron chi connectivity index (χ4n) is 2.76. The fraction of sp³-hybridized carbons (Fsp3) is 0.588. The zero-order valence-corrected chi connectivity index (χ0v) is 13.4. The molecule has 0 bridgehead atoms. The number of ether oxygens (including phenoxy) is 1. The van der Waals surface area contributed by atoms with Crippen molar-refractivity contribution in [2.24, 2.45) is 0 Å². The molecule has 1 heterocycles. The highest BCUT2D eigenvalue weighted by Crippen LogP contribution is 2.30. The van der Waals surface area contributed by atoms with Crippen molar-refractivity contribution in [2.45, 2.75) is 32.6 Å². The average Bonchev–Trinajstić information content (AvgIpc) is 2.55. The van der Waals surface area contributed by atoms with Gasteiger partial charge in [0.05, 0.1) is 6.61 Å². The number of halogens is 1. The number of piperazine rings is 1. The third kappa shape index (κ3) is 4.44. The van der Waals surface area contributed by atoms with Gasteiger partial charge >= 0.3 is 0 Å². The van der Waals surface area contributed by atoms with Crippen molar-refractivity contribution in [3.63, 3.8) is 0 Å². The van der Waals surface area contributed by atoms with Crippen molar-refractivity contribution >= 4 is 5.91 Å². The number of hydrogen-bond acceptors (Lipinski definition) is 3. The molecule has 1 fully saturated rings. The molecule has 0 aromatic heterocycles. The second-order valence-electron chi connectivity index (χ2n) is 5.69. The highest BCUT2D eigenvalue weighted by molar-refractivity contribution is 5.76. The van der Waals surface area contributed by atoms with E-state index in [1.54, 1.807) is 6.07 Å². The molecule has 1 aliphatic rings. The topological polar surface area (TPSA) is 41.6 Å². The molecule has 0 spiro atoms. The highest BCUT2D eigenvalue weighted by atomic mass is 19.1. The van der Waals surface area contributed by atoms with Gasteiger partial charge in [0.25, 0.3) is 0 Å². The summed E-state index contributed by atoms with van der Waals surface area (Å²) < 4.78 is 19.1. The zero-order valence-electron chi connectivity index (χ0n) is 13.4. The molecule has 1 aromatic rings. The van der Waals surface area contributed by atoms with Gasteiger partial charge in [0.1, 0.15) is 11.6 Å². The fourth-order valence-corrected chi connectivity index (χ4v) is 2.76. The first-order valence-electron chi connectivity index (χ1n) is 8.02. The minimum Gasteiger partial charge on any atom is -0.494 e. The lowest BCUT2D eigenvalue weighted by Gasteiger charge is -2.28. The van der Waals surface area contributed by atoms with Gasteiger partial charge in [-0.15, -0.1) is 0 Å². The number of hydrogen-bond donors (Lipinski definition) is 1. The number of carbonyl (C=O) groups is 1. The maximum absolute atomic E-state index is 13.5. The van der Waals surface area contributed by atoms with Crippen LogP contribution in [0.1, 0.15) is 38.2 Å². The Labute approximate surface area is 131 Å². The Morgan fingerprint density at radius 2 is 2.14 bits per heavy atom. The van der Waals surface area contributed by atoms with Crippen LogP contribution in [-0.4, -0.2) is 43.6 Å². The molecular formula is C17H25FN2O2. The molecule has 1 N–H and O–H groups in total. The van der Waals surface area contributed by atoms with Gasteiger partial charge in [-0.3, -0.25) is 4.79 Å². The van der Waals surface area contributed by atoms with Crippen molar-refractivity contribution in [3.05, 3.63) is 29.6 Å². The van der Waals surface area contributed by atoms with Crippen molar-refractivity contribution in [1.82, 2.24) is 10.2 Å². The third-order valence-electron chi connectivity index (χ3n) is 4.06. The molecule has 1 aromatic carbocycles. The van der Waals surface area contributed by atoms with E-state index in [1.807, 2.05) is 18.7 Å². The lowest BCUT2D eigenvalue weighted by molar-refractivity contribution is -0.131. The molecule has 1 amide bonds. The number of amides is 1. The molecule has 5 heteroatoms. The van der Waals surface area contributed by atoms with Crippen LogP contribution >= 0.6 is 0 Å². The van der Waals surface area contributed by atoms with E-state index in [0.717, 1.165) is 31.7 Å². The highest BCUT2D eigenvalue weighted by Gasteiger charge is 2.19. The zero-order chi connectivity index (χ0) is 15.9. The molecule has 22 heavy (non-hydrogen) atoms. The van der Waals surface area contributed by atoms with Crippen LogP contribution in [0.15, 0.2) is 18.2 Å². The quantitative estimate of drug-likeness (QED) is 0.878. The first kappa shape index (κ1) is 16.7. The molecule has 2 rings (SSSR count). The minimum atomic E-state index is -0.265. The van der Waals surface area contributed by atoms with Gasteiger partial charge in [0.2, 0.25) is 5.91 Å². The second-order valence-corrected chi connectivity index (χ2v) is 5.69. The lowest BCUT2D eigenvalue weighted by Crippen LogP contribution is -2.46. The molecule has 1 atom stereocenters. The summed E-state index contributed by atoms with van der Waals surface area (Å²) in [4.78, 5) is 14.1. The Kier molecular flexibility index (Phi) is 6.19.